The van der Waals surface area contributed by atoms with E-state index in [0.717, 1.165) is 6.04 Å². The number of unbranched alkanes of at least 4 members (excludes halogenated alkanes) is 1. The molecule has 0 aliphatic heterocycles. The molecule has 9 heavy (non-hydrogen) atoms. The summed E-state index contributed by atoms with van der Waals surface area (Å²) >= 11 is 0. The molecule has 2 heteroatoms. The molecule has 0 saturated heterocycles. The van der Waals surface area contributed by atoms with Gasteiger partial charge in [0.1, 0.15) is 0 Å². The van der Waals surface area contributed by atoms with Gasteiger partial charge < -0.3 is 4.81 Å². The minimum Gasteiger partial charge on any atom is -0.349 e. The standard InChI is InChI=1S/C7H18BN/c1-4-5-6-7(2)9(3)8/h7H,4-6,8H2,1-3H3. The van der Waals surface area contributed by atoms with Gasteiger partial charge in [0.2, 0.25) is 0 Å². The minimum absolute atomic E-state index is 0.755. The van der Waals surface area contributed by atoms with Crippen LogP contribution in [-0.2, 0) is 0 Å². The van der Waals surface area contributed by atoms with E-state index in [0.29, 0.717) is 0 Å². The van der Waals surface area contributed by atoms with Crippen molar-refractivity contribution >= 4 is 7.98 Å². The summed E-state index contributed by atoms with van der Waals surface area (Å²) in [5, 5.41) is 0. The van der Waals surface area contributed by atoms with Gasteiger partial charge in [0.25, 0.3) is 0 Å². The largest absolute Gasteiger partial charge is 0.349 e. The maximum absolute atomic E-state index is 2.27. The SMILES string of the molecule is BN(C)C(C)CCCC. The summed E-state index contributed by atoms with van der Waals surface area (Å²) in [5.74, 6) is 0. The van der Waals surface area contributed by atoms with Crippen LogP contribution >= 0.6 is 0 Å². The van der Waals surface area contributed by atoms with Gasteiger partial charge in [0, 0.05) is 0 Å². The molecule has 0 heterocycles. The molecule has 0 N–H and O–H groups in total. The maximum atomic E-state index is 2.27. The van der Waals surface area contributed by atoms with Crippen LogP contribution in [0.3, 0.4) is 0 Å². The summed E-state index contributed by atoms with van der Waals surface area (Å²) in [6.45, 7) is 4.51. The van der Waals surface area contributed by atoms with Crippen LogP contribution in [0, 0.1) is 0 Å². The fourth-order valence-corrected chi connectivity index (χ4v) is 0.758. The average Bonchev–Trinajstić information content (AvgIpc) is 1.82. The van der Waals surface area contributed by atoms with E-state index in [9.17, 15) is 0 Å². The first-order valence-corrected chi connectivity index (χ1v) is 3.85. The van der Waals surface area contributed by atoms with Crippen molar-refractivity contribution in [3.8, 4) is 0 Å². The second kappa shape index (κ2) is 4.86. The Morgan fingerprint density at radius 1 is 1.56 bits per heavy atom. The third-order valence-electron chi connectivity index (χ3n) is 1.86. The molecule has 0 amide bonds. The number of rotatable bonds is 4. The third-order valence-corrected chi connectivity index (χ3v) is 1.86. The van der Waals surface area contributed by atoms with Gasteiger partial charge in [0.05, 0.1) is 0 Å². The smallest absolute Gasteiger partial charge is 0.185 e. The highest BCUT2D eigenvalue weighted by atomic mass is 15.0. The van der Waals surface area contributed by atoms with E-state index >= 15 is 0 Å². The van der Waals surface area contributed by atoms with E-state index in [1.54, 1.807) is 0 Å². The quantitative estimate of drug-likeness (QED) is 0.510. The van der Waals surface area contributed by atoms with Gasteiger partial charge in [-0.3, -0.25) is 0 Å². The summed E-state index contributed by atoms with van der Waals surface area (Å²) in [5.41, 5.74) is 0. The highest BCUT2D eigenvalue weighted by Gasteiger charge is 2.00. The van der Waals surface area contributed by atoms with Crippen LogP contribution in [0.25, 0.3) is 0 Å². The Bertz CT molecular complexity index is 63.9. The fraction of sp³-hybridized carbons (Fsp3) is 1.00. The fourth-order valence-electron chi connectivity index (χ4n) is 0.758. The normalized spacial score (nSPS) is 14.2. The molecule has 0 rings (SSSR count). The van der Waals surface area contributed by atoms with Crippen molar-refractivity contribution in [3.63, 3.8) is 0 Å². The lowest BCUT2D eigenvalue weighted by Crippen LogP contribution is -2.25. The molecule has 1 unspecified atom stereocenters. The Labute approximate surface area is 59.9 Å². The molecular formula is C7H18BN. The van der Waals surface area contributed by atoms with Crippen molar-refractivity contribution in [2.75, 3.05) is 7.05 Å². The van der Waals surface area contributed by atoms with E-state index in [1.807, 2.05) is 0 Å². The van der Waals surface area contributed by atoms with Gasteiger partial charge in [-0.2, -0.15) is 0 Å². The van der Waals surface area contributed by atoms with Crippen LogP contribution in [0.5, 0.6) is 0 Å². The zero-order chi connectivity index (χ0) is 7.28. The molecule has 0 aromatic rings. The predicted octanol–water partition coefficient (Wildman–Crippen LogP) is 1.04. The molecular weight excluding hydrogens is 109 g/mol. The van der Waals surface area contributed by atoms with E-state index in [2.05, 4.69) is 33.7 Å². The van der Waals surface area contributed by atoms with E-state index in [-0.39, 0.29) is 0 Å². The first-order chi connectivity index (χ1) is 4.18. The number of hydrogen-bond donors (Lipinski definition) is 0. The summed E-state index contributed by atoms with van der Waals surface area (Å²) in [7, 11) is 4.28. The summed E-state index contributed by atoms with van der Waals surface area (Å²) < 4.78 is 0. The highest BCUT2D eigenvalue weighted by Crippen LogP contribution is 2.02. The molecule has 1 atom stereocenters. The van der Waals surface area contributed by atoms with Crippen molar-refractivity contribution < 1.29 is 0 Å². The average molecular weight is 127 g/mol. The lowest BCUT2D eigenvalue weighted by atomic mass is 10.1. The molecule has 0 aliphatic rings. The molecule has 0 bridgehead atoms. The van der Waals surface area contributed by atoms with E-state index in [4.69, 9.17) is 0 Å². The predicted molar refractivity (Wildman–Crippen MR) is 45.3 cm³/mol. The van der Waals surface area contributed by atoms with Crippen LogP contribution in [0.4, 0.5) is 0 Å². The van der Waals surface area contributed by atoms with Crippen LogP contribution in [-0.4, -0.2) is 25.9 Å². The van der Waals surface area contributed by atoms with Crippen LogP contribution in [0.15, 0.2) is 0 Å². The summed E-state index contributed by atoms with van der Waals surface area (Å²) in [4.78, 5) is 2.27. The molecule has 0 radical (unpaired) electrons. The van der Waals surface area contributed by atoms with E-state index < -0.39 is 0 Å². The first kappa shape index (κ1) is 9.02. The molecule has 0 aromatic heterocycles. The molecule has 0 saturated carbocycles. The number of hydrogen-bond acceptors (Lipinski definition) is 1. The molecule has 0 aromatic carbocycles. The second-order valence-electron chi connectivity index (χ2n) is 2.95. The van der Waals surface area contributed by atoms with Gasteiger partial charge in [0.15, 0.2) is 7.98 Å². The zero-order valence-electron chi connectivity index (χ0n) is 7.15. The zero-order valence-corrected chi connectivity index (χ0v) is 7.15. The third kappa shape index (κ3) is 4.52. The summed E-state index contributed by atoms with van der Waals surface area (Å²) in [6, 6.07) is 0.755. The molecule has 54 valence electrons. The van der Waals surface area contributed by atoms with Crippen molar-refractivity contribution in [2.24, 2.45) is 0 Å². The highest BCUT2D eigenvalue weighted by molar-refractivity contribution is 6.04. The van der Waals surface area contributed by atoms with Crippen molar-refractivity contribution in [2.45, 2.75) is 39.2 Å². The van der Waals surface area contributed by atoms with Gasteiger partial charge in [-0.25, -0.2) is 0 Å². The summed E-state index contributed by atoms with van der Waals surface area (Å²) in [6.07, 6.45) is 4.01. The Hall–Kier alpha value is 0.0249. The molecule has 0 aliphatic carbocycles. The monoisotopic (exact) mass is 127 g/mol. The lowest BCUT2D eigenvalue weighted by molar-refractivity contribution is 0.387. The topological polar surface area (TPSA) is 3.24 Å². The Balaban J connectivity index is 3.16. The Morgan fingerprint density at radius 2 is 2.11 bits per heavy atom. The van der Waals surface area contributed by atoms with Gasteiger partial charge in [-0.15, -0.1) is 0 Å². The van der Waals surface area contributed by atoms with E-state index in [1.165, 1.54) is 19.3 Å². The van der Waals surface area contributed by atoms with Crippen LogP contribution in [0.1, 0.15) is 33.1 Å². The number of nitrogens with zero attached hydrogens (tertiary/aromatic N) is 1. The van der Waals surface area contributed by atoms with Crippen molar-refractivity contribution in [1.82, 2.24) is 4.81 Å². The molecule has 0 spiro atoms. The van der Waals surface area contributed by atoms with Gasteiger partial charge in [-0.1, -0.05) is 26.7 Å². The first-order valence-electron chi connectivity index (χ1n) is 3.85. The second-order valence-corrected chi connectivity index (χ2v) is 2.95. The van der Waals surface area contributed by atoms with Crippen LogP contribution < -0.4 is 0 Å². The molecule has 1 nitrogen and oxygen atoms in total. The minimum atomic E-state index is 0.755. The van der Waals surface area contributed by atoms with Crippen molar-refractivity contribution in [1.29, 1.82) is 0 Å². The maximum Gasteiger partial charge on any atom is 0.185 e. The van der Waals surface area contributed by atoms with Gasteiger partial charge >= 0.3 is 0 Å². The molecule has 0 fully saturated rings. The Kier molecular flexibility index (Phi) is 4.88. The van der Waals surface area contributed by atoms with Crippen molar-refractivity contribution in [3.05, 3.63) is 0 Å². The Morgan fingerprint density at radius 3 is 2.44 bits per heavy atom. The lowest BCUT2D eigenvalue weighted by Gasteiger charge is -2.19. The van der Waals surface area contributed by atoms with Gasteiger partial charge in [-0.05, 0) is 19.5 Å². The van der Waals surface area contributed by atoms with Crippen LogP contribution in [0.2, 0.25) is 0 Å².